The molecule has 31 heavy (non-hydrogen) atoms. The van der Waals surface area contributed by atoms with Gasteiger partial charge in [0, 0.05) is 37.5 Å². The molecule has 1 aromatic carbocycles. The fraction of sp³-hybridized carbons (Fsp3) is 0.522. The molecule has 1 aliphatic heterocycles. The summed E-state index contributed by atoms with van der Waals surface area (Å²) in [6.45, 7) is 11.6. The molecule has 2 heterocycles. The predicted molar refractivity (Wildman–Crippen MR) is 124 cm³/mol. The summed E-state index contributed by atoms with van der Waals surface area (Å²) in [5, 5.41) is 16.7. The number of carbonyl (C=O) groups excluding carboxylic acids is 1. The van der Waals surface area contributed by atoms with Crippen molar-refractivity contribution in [1.82, 2.24) is 15.6 Å². The lowest BCUT2D eigenvalue weighted by molar-refractivity contribution is -0.119. The largest absolute Gasteiger partial charge is 0.465 e. The molecule has 0 radical (unpaired) electrons. The molecule has 0 saturated carbocycles. The van der Waals surface area contributed by atoms with Gasteiger partial charge in [0.25, 0.3) is 0 Å². The summed E-state index contributed by atoms with van der Waals surface area (Å²) >= 11 is 6.45. The Morgan fingerprint density at radius 2 is 2.00 bits per heavy atom. The number of carboxylic acid groups (broad SMARTS) is 1. The van der Waals surface area contributed by atoms with E-state index < -0.39 is 17.0 Å². The van der Waals surface area contributed by atoms with Crippen LogP contribution in [0, 0.1) is 11.3 Å². The van der Waals surface area contributed by atoms with Gasteiger partial charge in [-0.05, 0) is 36.8 Å². The number of halogens is 1. The van der Waals surface area contributed by atoms with Crippen molar-refractivity contribution in [2.24, 2.45) is 11.3 Å². The minimum Gasteiger partial charge on any atom is -0.465 e. The van der Waals surface area contributed by atoms with E-state index in [0.717, 1.165) is 36.3 Å². The maximum atomic E-state index is 11.8. The molecule has 2 aromatic rings. The van der Waals surface area contributed by atoms with Gasteiger partial charge < -0.3 is 20.6 Å². The van der Waals surface area contributed by atoms with Crippen LogP contribution in [0.3, 0.4) is 0 Å². The van der Waals surface area contributed by atoms with Crippen LogP contribution in [0.25, 0.3) is 10.9 Å². The highest BCUT2D eigenvalue weighted by Gasteiger charge is 2.44. The fourth-order valence-electron chi connectivity index (χ4n) is 4.11. The Bertz CT molecular complexity index is 1000. The van der Waals surface area contributed by atoms with E-state index >= 15 is 0 Å². The first kappa shape index (κ1) is 23.1. The first-order valence-corrected chi connectivity index (χ1v) is 10.9. The summed E-state index contributed by atoms with van der Waals surface area (Å²) in [5.74, 6) is 0.992. The van der Waals surface area contributed by atoms with Gasteiger partial charge in [-0.25, -0.2) is 9.78 Å². The number of fused-ring (bicyclic) bond motifs is 1. The van der Waals surface area contributed by atoms with Crippen LogP contribution in [0.4, 0.5) is 10.6 Å². The lowest BCUT2D eigenvalue weighted by Crippen LogP contribution is -2.52. The Labute approximate surface area is 188 Å². The van der Waals surface area contributed by atoms with Crippen LogP contribution in [0.2, 0.25) is 5.02 Å². The number of para-hydroxylation sites is 1. The molecule has 1 fully saturated rings. The molecule has 0 aliphatic carbocycles. The Kier molecular flexibility index (Phi) is 6.37. The zero-order valence-corrected chi connectivity index (χ0v) is 19.5. The number of anilines is 1. The molecular weight excluding hydrogens is 416 g/mol. The van der Waals surface area contributed by atoms with E-state index in [2.05, 4.69) is 15.5 Å². The highest BCUT2D eigenvalue weighted by Crippen LogP contribution is 2.44. The van der Waals surface area contributed by atoms with Crippen LogP contribution in [-0.2, 0) is 10.3 Å². The number of benzene rings is 1. The van der Waals surface area contributed by atoms with E-state index in [0.29, 0.717) is 23.0 Å². The van der Waals surface area contributed by atoms with Crippen molar-refractivity contribution in [2.75, 3.05) is 24.5 Å². The quantitative estimate of drug-likeness (QED) is 0.633. The first-order chi connectivity index (χ1) is 14.4. The van der Waals surface area contributed by atoms with Gasteiger partial charge in [0.15, 0.2) is 0 Å². The number of pyridine rings is 1. The Morgan fingerprint density at radius 3 is 2.61 bits per heavy atom. The van der Waals surface area contributed by atoms with Crippen molar-refractivity contribution in [1.29, 1.82) is 0 Å². The summed E-state index contributed by atoms with van der Waals surface area (Å²) in [5.41, 5.74) is 0.189. The number of aromatic nitrogens is 1. The molecule has 8 heteroatoms. The van der Waals surface area contributed by atoms with Gasteiger partial charge in [-0.2, -0.15) is 0 Å². The van der Waals surface area contributed by atoms with Crippen LogP contribution in [0.1, 0.15) is 46.6 Å². The smallest absolute Gasteiger partial charge is 0.405 e. The average Bonchev–Trinajstić information content (AvgIpc) is 3.13. The van der Waals surface area contributed by atoms with Gasteiger partial charge >= 0.3 is 6.09 Å². The van der Waals surface area contributed by atoms with Crippen molar-refractivity contribution in [3.05, 3.63) is 34.9 Å². The Morgan fingerprint density at radius 1 is 1.29 bits per heavy atom. The van der Waals surface area contributed by atoms with E-state index in [4.69, 9.17) is 16.6 Å². The van der Waals surface area contributed by atoms with Crippen LogP contribution >= 0.6 is 11.6 Å². The fourth-order valence-corrected chi connectivity index (χ4v) is 4.34. The molecule has 1 aromatic heterocycles. The SMILES string of the molecule is CC(=O)NCC1CCN(c2nc3c(Cl)cccc3cc2C(C)(NC(=O)O)C(C)(C)C)C1. The van der Waals surface area contributed by atoms with Crippen molar-refractivity contribution in [3.8, 4) is 0 Å². The molecule has 2 unspecified atom stereocenters. The van der Waals surface area contributed by atoms with Crippen LogP contribution in [0.5, 0.6) is 0 Å². The van der Waals surface area contributed by atoms with E-state index in [-0.39, 0.29) is 5.91 Å². The minimum atomic E-state index is -1.08. The molecule has 0 spiro atoms. The van der Waals surface area contributed by atoms with Crippen molar-refractivity contribution in [3.63, 3.8) is 0 Å². The standard InChI is InChI=1S/C23H31ClN4O3/c1-14(29)25-12-15-9-10-28(13-15)20-17(23(5,22(2,3)4)27-21(30)31)11-16-7-6-8-18(24)19(16)26-20/h6-8,11,15,27H,9-10,12-13H2,1-5H3,(H,25,29)(H,30,31). The molecule has 2 amide bonds. The van der Waals surface area contributed by atoms with E-state index in [1.165, 1.54) is 6.92 Å². The molecule has 0 bridgehead atoms. The zero-order valence-electron chi connectivity index (χ0n) is 18.8. The third-order valence-electron chi connectivity index (χ3n) is 6.40. The van der Waals surface area contributed by atoms with Gasteiger partial charge in [0.1, 0.15) is 5.82 Å². The average molecular weight is 447 g/mol. The molecule has 7 nitrogen and oxygen atoms in total. The van der Waals surface area contributed by atoms with Gasteiger partial charge in [-0.15, -0.1) is 0 Å². The maximum Gasteiger partial charge on any atom is 0.405 e. The Hall–Kier alpha value is -2.54. The second-order valence-corrected chi connectivity index (χ2v) is 9.92. The molecule has 1 aliphatic rings. The van der Waals surface area contributed by atoms with Gasteiger partial charge in [-0.3, -0.25) is 4.79 Å². The third-order valence-corrected chi connectivity index (χ3v) is 6.70. The predicted octanol–water partition coefficient (Wildman–Crippen LogP) is 4.38. The third kappa shape index (κ3) is 4.71. The second kappa shape index (κ2) is 8.54. The zero-order chi connectivity index (χ0) is 23.0. The van der Waals surface area contributed by atoms with Gasteiger partial charge in [-0.1, -0.05) is 44.5 Å². The van der Waals surface area contributed by atoms with Gasteiger partial charge in [0.2, 0.25) is 5.91 Å². The summed E-state index contributed by atoms with van der Waals surface area (Å²) in [7, 11) is 0. The second-order valence-electron chi connectivity index (χ2n) is 9.51. The highest BCUT2D eigenvalue weighted by molar-refractivity contribution is 6.35. The number of hydrogen-bond acceptors (Lipinski definition) is 4. The highest BCUT2D eigenvalue weighted by atomic mass is 35.5. The summed E-state index contributed by atoms with van der Waals surface area (Å²) < 4.78 is 0. The number of amides is 2. The molecule has 1 saturated heterocycles. The number of nitrogens with zero attached hydrogens (tertiary/aromatic N) is 2. The molecule has 3 rings (SSSR count). The van der Waals surface area contributed by atoms with Crippen LogP contribution in [0.15, 0.2) is 24.3 Å². The van der Waals surface area contributed by atoms with E-state index in [1.807, 2.05) is 52.0 Å². The van der Waals surface area contributed by atoms with Crippen LogP contribution in [-0.4, -0.2) is 41.7 Å². The van der Waals surface area contributed by atoms with Crippen molar-refractivity contribution < 1.29 is 14.7 Å². The molecule has 3 N–H and O–H groups in total. The molecular formula is C23H31ClN4O3. The Balaban J connectivity index is 2.14. The topological polar surface area (TPSA) is 94.6 Å². The number of carbonyl (C=O) groups is 2. The summed E-state index contributed by atoms with van der Waals surface area (Å²) in [4.78, 5) is 30.2. The first-order valence-electron chi connectivity index (χ1n) is 10.5. The maximum absolute atomic E-state index is 11.8. The normalized spacial score (nSPS) is 18.6. The van der Waals surface area contributed by atoms with Crippen LogP contribution < -0.4 is 15.5 Å². The number of hydrogen-bond donors (Lipinski definition) is 3. The lowest BCUT2D eigenvalue weighted by Gasteiger charge is -2.43. The summed E-state index contributed by atoms with van der Waals surface area (Å²) in [6, 6.07) is 7.62. The minimum absolute atomic E-state index is 0.0410. The number of rotatable bonds is 5. The molecule has 168 valence electrons. The summed E-state index contributed by atoms with van der Waals surface area (Å²) in [6.07, 6.45) is -0.167. The van der Waals surface area contributed by atoms with Crippen molar-refractivity contribution >= 4 is 40.3 Å². The lowest BCUT2D eigenvalue weighted by atomic mass is 9.70. The van der Waals surface area contributed by atoms with Crippen molar-refractivity contribution in [2.45, 2.75) is 46.6 Å². The van der Waals surface area contributed by atoms with E-state index in [1.54, 1.807) is 0 Å². The monoisotopic (exact) mass is 446 g/mol. The van der Waals surface area contributed by atoms with E-state index in [9.17, 15) is 14.7 Å². The number of nitrogens with one attached hydrogen (secondary N) is 2. The van der Waals surface area contributed by atoms with Gasteiger partial charge in [0.05, 0.1) is 16.1 Å². The molecule has 2 atom stereocenters.